The van der Waals surface area contributed by atoms with Crippen LogP contribution in [-0.2, 0) is 13.2 Å². The van der Waals surface area contributed by atoms with E-state index in [1.165, 1.54) is 4.90 Å². The molecule has 0 aromatic heterocycles. The SMILES string of the molecule is CSc1cccc(OCc2cccc(Br)c2)c1CN. The minimum absolute atomic E-state index is 0.491. The van der Waals surface area contributed by atoms with E-state index in [2.05, 4.69) is 28.1 Å². The Labute approximate surface area is 126 Å². The van der Waals surface area contributed by atoms with Gasteiger partial charge in [0.15, 0.2) is 0 Å². The van der Waals surface area contributed by atoms with Crippen molar-refractivity contribution in [2.45, 2.75) is 18.0 Å². The number of benzene rings is 2. The topological polar surface area (TPSA) is 35.2 Å². The summed E-state index contributed by atoms with van der Waals surface area (Å²) >= 11 is 5.15. The van der Waals surface area contributed by atoms with Gasteiger partial charge in [-0.1, -0.05) is 34.1 Å². The third-order valence-corrected chi connectivity index (χ3v) is 4.11. The van der Waals surface area contributed by atoms with Crippen molar-refractivity contribution in [1.29, 1.82) is 0 Å². The van der Waals surface area contributed by atoms with E-state index < -0.39 is 0 Å². The van der Waals surface area contributed by atoms with Crippen LogP contribution in [0.2, 0.25) is 0 Å². The van der Waals surface area contributed by atoms with Crippen LogP contribution in [0.15, 0.2) is 51.8 Å². The first-order chi connectivity index (χ1) is 9.24. The van der Waals surface area contributed by atoms with Crippen LogP contribution in [0.5, 0.6) is 5.75 Å². The molecule has 2 nitrogen and oxygen atoms in total. The van der Waals surface area contributed by atoms with Gasteiger partial charge in [-0.3, -0.25) is 0 Å². The highest BCUT2D eigenvalue weighted by atomic mass is 79.9. The van der Waals surface area contributed by atoms with Crippen LogP contribution in [0.4, 0.5) is 0 Å². The van der Waals surface area contributed by atoms with Gasteiger partial charge in [-0.15, -0.1) is 11.8 Å². The van der Waals surface area contributed by atoms with Crippen molar-refractivity contribution in [2.24, 2.45) is 5.73 Å². The monoisotopic (exact) mass is 337 g/mol. The van der Waals surface area contributed by atoms with Gasteiger partial charge >= 0.3 is 0 Å². The molecule has 0 aliphatic carbocycles. The van der Waals surface area contributed by atoms with Crippen LogP contribution in [0.1, 0.15) is 11.1 Å². The minimum atomic E-state index is 0.491. The molecule has 0 saturated carbocycles. The van der Waals surface area contributed by atoms with Crippen molar-refractivity contribution in [2.75, 3.05) is 6.26 Å². The molecule has 2 aromatic rings. The smallest absolute Gasteiger partial charge is 0.125 e. The summed E-state index contributed by atoms with van der Waals surface area (Å²) in [7, 11) is 0. The van der Waals surface area contributed by atoms with E-state index in [4.69, 9.17) is 10.5 Å². The summed E-state index contributed by atoms with van der Waals surface area (Å²) in [5.74, 6) is 0.870. The van der Waals surface area contributed by atoms with E-state index in [0.29, 0.717) is 13.2 Å². The number of thioether (sulfide) groups is 1. The molecule has 2 aromatic carbocycles. The Morgan fingerprint density at radius 3 is 2.68 bits per heavy atom. The van der Waals surface area contributed by atoms with Gasteiger partial charge in [0.05, 0.1) is 0 Å². The van der Waals surface area contributed by atoms with Gasteiger partial charge in [-0.05, 0) is 36.1 Å². The number of halogens is 1. The summed E-state index contributed by atoms with van der Waals surface area (Å²) in [6.45, 7) is 1.04. The largest absolute Gasteiger partial charge is 0.489 e. The van der Waals surface area contributed by atoms with E-state index in [-0.39, 0.29) is 0 Å². The van der Waals surface area contributed by atoms with Crippen LogP contribution in [-0.4, -0.2) is 6.26 Å². The van der Waals surface area contributed by atoms with Crippen molar-refractivity contribution >= 4 is 27.7 Å². The molecule has 100 valence electrons. The Morgan fingerprint density at radius 2 is 2.00 bits per heavy atom. The molecule has 0 spiro atoms. The van der Waals surface area contributed by atoms with Gasteiger partial charge in [0.25, 0.3) is 0 Å². The zero-order valence-corrected chi connectivity index (χ0v) is 13.1. The van der Waals surface area contributed by atoms with Crippen molar-refractivity contribution in [1.82, 2.24) is 0 Å². The van der Waals surface area contributed by atoms with Crippen LogP contribution < -0.4 is 10.5 Å². The molecule has 0 radical (unpaired) electrons. The number of hydrogen-bond acceptors (Lipinski definition) is 3. The predicted octanol–water partition coefficient (Wildman–Crippen LogP) is 4.21. The molecule has 0 amide bonds. The molecule has 19 heavy (non-hydrogen) atoms. The Bertz CT molecular complexity index is 560. The lowest BCUT2D eigenvalue weighted by Gasteiger charge is -2.13. The van der Waals surface area contributed by atoms with Crippen LogP contribution in [0, 0.1) is 0 Å². The summed E-state index contributed by atoms with van der Waals surface area (Å²) in [6.07, 6.45) is 2.05. The Kier molecular flexibility index (Phi) is 5.31. The van der Waals surface area contributed by atoms with E-state index in [9.17, 15) is 0 Å². The molecular formula is C15H16BrNOS. The first kappa shape index (κ1) is 14.4. The Morgan fingerprint density at radius 1 is 1.21 bits per heavy atom. The van der Waals surface area contributed by atoms with Crippen LogP contribution in [0.3, 0.4) is 0 Å². The van der Waals surface area contributed by atoms with Gasteiger partial charge in [-0.25, -0.2) is 0 Å². The molecule has 0 atom stereocenters. The second kappa shape index (κ2) is 6.98. The van der Waals surface area contributed by atoms with Crippen molar-refractivity contribution < 1.29 is 4.74 Å². The van der Waals surface area contributed by atoms with E-state index in [0.717, 1.165) is 21.3 Å². The maximum Gasteiger partial charge on any atom is 0.125 e. The van der Waals surface area contributed by atoms with Crippen molar-refractivity contribution in [3.8, 4) is 5.75 Å². The fraction of sp³-hybridized carbons (Fsp3) is 0.200. The summed E-state index contributed by atoms with van der Waals surface area (Å²) in [5, 5.41) is 0. The lowest BCUT2D eigenvalue weighted by atomic mass is 10.2. The number of hydrogen-bond donors (Lipinski definition) is 1. The zero-order chi connectivity index (χ0) is 13.7. The molecule has 4 heteroatoms. The molecule has 0 saturated heterocycles. The molecule has 0 heterocycles. The predicted molar refractivity (Wildman–Crippen MR) is 84.6 cm³/mol. The summed E-state index contributed by atoms with van der Waals surface area (Å²) in [6, 6.07) is 14.2. The Balaban J connectivity index is 2.15. The highest BCUT2D eigenvalue weighted by molar-refractivity contribution is 9.10. The normalized spacial score (nSPS) is 10.5. The summed E-state index contributed by atoms with van der Waals surface area (Å²) < 4.78 is 6.96. The minimum Gasteiger partial charge on any atom is -0.489 e. The van der Waals surface area contributed by atoms with Crippen LogP contribution in [0.25, 0.3) is 0 Å². The van der Waals surface area contributed by atoms with Crippen molar-refractivity contribution in [3.63, 3.8) is 0 Å². The fourth-order valence-corrected chi connectivity index (χ4v) is 2.95. The van der Waals surface area contributed by atoms with E-state index >= 15 is 0 Å². The van der Waals surface area contributed by atoms with Gasteiger partial charge < -0.3 is 10.5 Å². The highest BCUT2D eigenvalue weighted by Gasteiger charge is 2.07. The van der Waals surface area contributed by atoms with E-state index in [1.807, 2.05) is 36.6 Å². The maximum absolute atomic E-state index is 5.90. The van der Waals surface area contributed by atoms with Crippen molar-refractivity contribution in [3.05, 3.63) is 58.1 Å². The lowest BCUT2D eigenvalue weighted by Crippen LogP contribution is -2.04. The quantitative estimate of drug-likeness (QED) is 0.830. The van der Waals surface area contributed by atoms with E-state index in [1.54, 1.807) is 11.8 Å². The van der Waals surface area contributed by atoms with Gasteiger partial charge in [0.2, 0.25) is 0 Å². The summed E-state index contributed by atoms with van der Waals surface area (Å²) in [5.41, 5.74) is 8.02. The highest BCUT2D eigenvalue weighted by Crippen LogP contribution is 2.29. The Hall–Kier alpha value is -0.970. The molecular weight excluding hydrogens is 322 g/mol. The maximum atomic E-state index is 5.90. The summed E-state index contributed by atoms with van der Waals surface area (Å²) in [4.78, 5) is 1.18. The standard InChI is InChI=1S/C15H16BrNOS/c1-19-15-7-3-6-14(13(15)9-17)18-10-11-4-2-5-12(16)8-11/h2-8H,9-10,17H2,1H3. The third-order valence-electron chi connectivity index (χ3n) is 2.80. The number of ether oxygens (including phenoxy) is 1. The molecule has 2 N–H and O–H groups in total. The third kappa shape index (κ3) is 3.75. The molecule has 0 aliphatic heterocycles. The molecule has 0 aliphatic rings. The lowest BCUT2D eigenvalue weighted by molar-refractivity contribution is 0.302. The van der Waals surface area contributed by atoms with Gasteiger partial charge in [0, 0.05) is 21.5 Å². The molecule has 0 unspecified atom stereocenters. The van der Waals surface area contributed by atoms with Gasteiger partial charge in [-0.2, -0.15) is 0 Å². The average Bonchev–Trinajstić information content (AvgIpc) is 2.44. The van der Waals surface area contributed by atoms with Gasteiger partial charge in [0.1, 0.15) is 12.4 Å². The fourth-order valence-electron chi connectivity index (χ4n) is 1.86. The average molecular weight is 338 g/mol. The second-order valence-corrected chi connectivity index (χ2v) is 5.82. The van der Waals surface area contributed by atoms with Crippen LogP contribution >= 0.6 is 27.7 Å². The molecule has 0 fully saturated rings. The zero-order valence-electron chi connectivity index (χ0n) is 10.7. The number of rotatable bonds is 5. The first-order valence-corrected chi connectivity index (χ1v) is 7.99. The number of nitrogens with two attached hydrogens (primary N) is 1. The second-order valence-electron chi connectivity index (χ2n) is 4.06. The molecule has 2 rings (SSSR count). The first-order valence-electron chi connectivity index (χ1n) is 5.97. The molecule has 0 bridgehead atoms.